The number of fused-ring (bicyclic) bond motifs is 7. The molecule has 0 radical (unpaired) electrons. The third kappa shape index (κ3) is 6.98. The zero-order valence-corrected chi connectivity index (χ0v) is 42.4. The third-order valence-electron chi connectivity index (χ3n) is 14.3. The topological polar surface area (TPSA) is 19.6 Å². The molecule has 0 bridgehead atoms. The van der Waals surface area contributed by atoms with E-state index in [1.807, 2.05) is 17.4 Å². The van der Waals surface area contributed by atoms with Crippen molar-refractivity contribution in [2.24, 2.45) is 0 Å². The lowest BCUT2D eigenvalue weighted by Crippen LogP contribution is -2.61. The van der Waals surface area contributed by atoms with E-state index in [0.29, 0.717) is 0 Å². The van der Waals surface area contributed by atoms with Crippen molar-refractivity contribution in [1.29, 1.82) is 0 Å². The molecule has 2 aromatic heterocycles. The second-order valence-corrected chi connectivity index (χ2v) is 24.5. The predicted molar refractivity (Wildman–Crippen MR) is 285 cm³/mol. The summed E-state index contributed by atoms with van der Waals surface area (Å²) in [5, 5.41) is 2.46. The molecule has 65 heavy (non-hydrogen) atoms. The van der Waals surface area contributed by atoms with Gasteiger partial charge in [-0.2, -0.15) is 0 Å². The minimum atomic E-state index is -0.124. The normalized spacial score (nSPS) is 14.1. The van der Waals surface area contributed by atoms with Crippen LogP contribution in [0.1, 0.15) is 128 Å². The molecule has 2 aliphatic rings. The van der Waals surface area contributed by atoms with Crippen LogP contribution in [0.3, 0.4) is 0 Å². The average Bonchev–Trinajstić information content (AvgIpc) is 3.82. The van der Waals surface area contributed by atoms with E-state index in [4.69, 9.17) is 4.42 Å². The summed E-state index contributed by atoms with van der Waals surface area (Å²) in [6.45, 7) is 37.5. The molecule has 0 amide bonds. The molecule has 0 aliphatic carbocycles. The number of nitrogens with zero attached hydrogens (tertiary/aromatic N) is 2. The van der Waals surface area contributed by atoms with E-state index < -0.39 is 0 Å². The van der Waals surface area contributed by atoms with Crippen LogP contribution in [-0.4, -0.2) is 6.71 Å². The first kappa shape index (κ1) is 43.4. The molecular formula is C60H65BN2OS. The minimum absolute atomic E-state index is 0.00239. The molecule has 8 aromatic rings. The van der Waals surface area contributed by atoms with Gasteiger partial charge in [-0.1, -0.05) is 132 Å². The van der Waals surface area contributed by atoms with Crippen LogP contribution in [0, 0.1) is 27.7 Å². The van der Waals surface area contributed by atoms with Gasteiger partial charge in [0, 0.05) is 42.9 Å². The van der Waals surface area contributed by atoms with Crippen molar-refractivity contribution in [2.75, 3.05) is 9.80 Å². The van der Waals surface area contributed by atoms with Gasteiger partial charge in [0.05, 0.1) is 17.1 Å². The minimum Gasteiger partial charge on any atom is -0.456 e. The maximum absolute atomic E-state index is 6.48. The summed E-state index contributed by atoms with van der Waals surface area (Å²) in [6, 6.07) is 39.8. The second kappa shape index (κ2) is 14.5. The molecule has 0 saturated heterocycles. The summed E-state index contributed by atoms with van der Waals surface area (Å²) >= 11 is 2.00. The molecule has 0 fully saturated rings. The Morgan fingerprint density at radius 2 is 1.00 bits per heavy atom. The van der Waals surface area contributed by atoms with Crippen molar-refractivity contribution in [3.63, 3.8) is 0 Å². The molecule has 6 aromatic carbocycles. The fourth-order valence-electron chi connectivity index (χ4n) is 10.6. The molecule has 0 spiro atoms. The number of hydrogen-bond donors (Lipinski definition) is 0. The summed E-state index contributed by atoms with van der Waals surface area (Å²) < 4.78 is 9.23. The lowest BCUT2D eigenvalue weighted by atomic mass is 9.36. The molecule has 0 unspecified atom stereocenters. The van der Waals surface area contributed by atoms with Crippen molar-refractivity contribution in [1.82, 2.24) is 0 Å². The lowest BCUT2D eigenvalue weighted by Gasteiger charge is -2.45. The van der Waals surface area contributed by atoms with Gasteiger partial charge in [-0.3, -0.25) is 0 Å². The number of thiophene rings is 1. The number of hydrogen-bond acceptors (Lipinski definition) is 4. The number of benzene rings is 6. The van der Waals surface area contributed by atoms with Crippen molar-refractivity contribution in [2.45, 2.75) is 132 Å². The first-order valence-electron chi connectivity index (χ1n) is 23.6. The van der Waals surface area contributed by atoms with Gasteiger partial charge in [0.25, 0.3) is 6.71 Å². The molecular weight excluding hydrogens is 808 g/mol. The first-order chi connectivity index (χ1) is 30.4. The Morgan fingerprint density at radius 3 is 1.60 bits per heavy atom. The Labute approximate surface area is 392 Å². The number of para-hydroxylation sites is 1. The summed E-state index contributed by atoms with van der Waals surface area (Å²) in [5.41, 5.74) is 22.7. The van der Waals surface area contributed by atoms with E-state index in [9.17, 15) is 0 Å². The van der Waals surface area contributed by atoms with Crippen LogP contribution in [0.15, 0.2) is 108 Å². The van der Waals surface area contributed by atoms with Crippen LogP contribution >= 0.6 is 11.3 Å². The molecule has 330 valence electrons. The van der Waals surface area contributed by atoms with E-state index in [1.165, 1.54) is 104 Å². The summed E-state index contributed by atoms with van der Waals surface area (Å²) in [7, 11) is 0. The highest BCUT2D eigenvalue weighted by atomic mass is 32.1. The average molecular weight is 873 g/mol. The van der Waals surface area contributed by atoms with E-state index in [-0.39, 0.29) is 28.4 Å². The summed E-state index contributed by atoms with van der Waals surface area (Å²) in [5.74, 6) is 0.899. The number of furan rings is 1. The van der Waals surface area contributed by atoms with Crippen LogP contribution in [0.25, 0.3) is 32.4 Å². The summed E-state index contributed by atoms with van der Waals surface area (Å²) in [4.78, 5) is 5.35. The number of aryl methyl sites for hydroxylation is 4. The van der Waals surface area contributed by atoms with E-state index in [0.717, 1.165) is 22.3 Å². The molecule has 10 rings (SSSR count). The van der Waals surface area contributed by atoms with Crippen LogP contribution in [0.4, 0.5) is 34.1 Å². The molecule has 3 nitrogen and oxygen atoms in total. The van der Waals surface area contributed by atoms with Crippen molar-refractivity contribution >= 4 is 88.9 Å². The first-order valence-corrected chi connectivity index (χ1v) is 24.4. The molecule has 0 N–H and O–H groups in total. The van der Waals surface area contributed by atoms with Crippen LogP contribution in [0.5, 0.6) is 0 Å². The highest BCUT2D eigenvalue weighted by molar-refractivity contribution is 7.33. The van der Waals surface area contributed by atoms with Crippen LogP contribution in [0.2, 0.25) is 0 Å². The fourth-order valence-corrected chi connectivity index (χ4v) is 11.9. The SMILES string of the molecule is Cc1cc(-c2cc3ccccc3o2)cc(C)c1N1c2ccc(C(C)(C)C)cc2B2c3sc4ccc(C(C)(C)C)cc4c3N(c3c(C)cc(C(C)(C)C)cc3C)c3cc(C(C)(C)C)cc1c32. The molecule has 5 heteroatoms. The quantitative estimate of drug-likeness (QED) is 0.165. The van der Waals surface area contributed by atoms with Crippen LogP contribution < -0.4 is 25.5 Å². The zero-order valence-electron chi connectivity index (χ0n) is 41.6. The van der Waals surface area contributed by atoms with Gasteiger partial charge in [-0.05, 0) is 159 Å². The monoisotopic (exact) mass is 872 g/mol. The van der Waals surface area contributed by atoms with Gasteiger partial charge in [-0.25, -0.2) is 0 Å². The highest BCUT2D eigenvalue weighted by Crippen LogP contribution is 2.52. The maximum atomic E-state index is 6.48. The smallest absolute Gasteiger partial charge is 0.264 e. The van der Waals surface area contributed by atoms with Gasteiger partial charge < -0.3 is 14.2 Å². The van der Waals surface area contributed by atoms with Gasteiger partial charge in [0.1, 0.15) is 11.3 Å². The molecule has 0 saturated carbocycles. The van der Waals surface area contributed by atoms with Crippen LogP contribution in [-0.2, 0) is 21.7 Å². The molecule has 2 aliphatic heterocycles. The largest absolute Gasteiger partial charge is 0.456 e. The van der Waals surface area contributed by atoms with Crippen molar-refractivity contribution in [3.8, 4) is 11.3 Å². The maximum Gasteiger partial charge on any atom is 0.264 e. The fraction of sp³-hybridized carbons (Fsp3) is 0.333. The summed E-state index contributed by atoms with van der Waals surface area (Å²) in [6.07, 6.45) is 0. The van der Waals surface area contributed by atoms with Crippen molar-refractivity contribution in [3.05, 3.63) is 148 Å². The highest BCUT2D eigenvalue weighted by Gasteiger charge is 2.47. The predicted octanol–water partition coefficient (Wildman–Crippen LogP) is 15.8. The Kier molecular flexibility index (Phi) is 9.67. The molecule has 0 atom stereocenters. The van der Waals surface area contributed by atoms with Gasteiger partial charge in [0.15, 0.2) is 0 Å². The van der Waals surface area contributed by atoms with E-state index in [1.54, 1.807) is 0 Å². The van der Waals surface area contributed by atoms with Gasteiger partial charge >= 0.3 is 0 Å². The Morgan fingerprint density at radius 1 is 0.477 bits per heavy atom. The number of rotatable bonds is 3. The lowest BCUT2D eigenvalue weighted by molar-refractivity contribution is 0.589. The van der Waals surface area contributed by atoms with Gasteiger partial charge in [0.2, 0.25) is 0 Å². The third-order valence-corrected chi connectivity index (χ3v) is 15.5. The zero-order chi connectivity index (χ0) is 46.4. The van der Waals surface area contributed by atoms with E-state index >= 15 is 0 Å². The Bertz CT molecular complexity index is 3180. The van der Waals surface area contributed by atoms with Gasteiger partial charge in [-0.15, -0.1) is 11.3 Å². The molecule has 4 heterocycles. The Hall–Kier alpha value is -5.52. The van der Waals surface area contributed by atoms with Crippen molar-refractivity contribution < 1.29 is 4.42 Å². The number of anilines is 6. The Balaban J connectivity index is 1.33. The van der Waals surface area contributed by atoms with E-state index in [2.05, 4.69) is 218 Å². The second-order valence-electron chi connectivity index (χ2n) is 23.4. The standard InChI is InChI=1S/C60H65BN2OS/c1-34-25-39(50-29-38-19-17-18-20-49(38)64-50)26-35(2)53(34)62-46-23-21-41(58(8,9)10)31-45(46)61-52-47(62)32-43(60(14,15)16)33-48(52)63(54-36(3)27-42(28-37(54)4)59(11,12)13)55-44-30-40(57(5,6)7)22-24-51(44)65-56(55)61/h17-33H,1-16H3.